The fourth-order valence-corrected chi connectivity index (χ4v) is 3.36. The Hall–Kier alpha value is -3.01. The summed E-state index contributed by atoms with van der Waals surface area (Å²) in [5.41, 5.74) is 2.04. The minimum Gasteiger partial charge on any atom is -0.361 e. The minimum absolute atomic E-state index is 0.222. The van der Waals surface area contributed by atoms with Gasteiger partial charge in [-0.25, -0.2) is 0 Å². The van der Waals surface area contributed by atoms with Crippen molar-refractivity contribution >= 4 is 28.3 Å². The van der Waals surface area contributed by atoms with E-state index in [-0.39, 0.29) is 17.3 Å². The zero-order chi connectivity index (χ0) is 18.0. The molecule has 0 bridgehead atoms. The number of Topliss-reactive ketones (excluding diaryl/α,β-unsaturated/α-hetero) is 3. The van der Waals surface area contributed by atoms with Crippen LogP contribution in [0, 0.1) is 5.92 Å². The minimum atomic E-state index is -0.994. The molecule has 1 aromatic heterocycles. The number of rotatable bonds is 6. The van der Waals surface area contributed by atoms with E-state index in [1.807, 2.05) is 30.3 Å². The van der Waals surface area contributed by atoms with Gasteiger partial charge in [0.15, 0.2) is 5.78 Å². The van der Waals surface area contributed by atoms with Crippen LogP contribution in [0.1, 0.15) is 35.7 Å². The first kappa shape index (κ1) is 16.8. The zero-order valence-electron chi connectivity index (χ0n) is 14.2. The summed E-state index contributed by atoms with van der Waals surface area (Å²) in [5, 5.41) is 0.851. The summed E-state index contributed by atoms with van der Waals surface area (Å²) in [6, 6.07) is 16.4. The molecule has 25 heavy (non-hydrogen) atoms. The molecule has 1 heterocycles. The summed E-state index contributed by atoms with van der Waals surface area (Å²) in [7, 11) is 0. The van der Waals surface area contributed by atoms with Gasteiger partial charge in [0.05, 0.1) is 11.8 Å². The van der Waals surface area contributed by atoms with Crippen LogP contribution in [0.15, 0.2) is 60.8 Å². The topological polar surface area (TPSA) is 67.0 Å². The highest BCUT2D eigenvalue weighted by Gasteiger charge is 2.37. The van der Waals surface area contributed by atoms with Crippen molar-refractivity contribution < 1.29 is 14.4 Å². The molecule has 0 aliphatic heterocycles. The lowest BCUT2D eigenvalue weighted by Gasteiger charge is -2.22. The van der Waals surface area contributed by atoms with Gasteiger partial charge in [-0.3, -0.25) is 14.4 Å². The van der Waals surface area contributed by atoms with Crippen LogP contribution in [0.2, 0.25) is 0 Å². The molecule has 126 valence electrons. The average Bonchev–Trinajstić information content (AvgIpc) is 3.02. The van der Waals surface area contributed by atoms with Gasteiger partial charge in [-0.15, -0.1) is 0 Å². The van der Waals surface area contributed by atoms with Crippen LogP contribution in [0.4, 0.5) is 0 Å². The Morgan fingerprint density at radius 3 is 2.08 bits per heavy atom. The fourth-order valence-electron chi connectivity index (χ4n) is 3.36. The molecule has 3 aromatic rings. The number of H-pyrrole nitrogens is 1. The number of fused-ring (bicyclic) bond motifs is 1. The first-order chi connectivity index (χ1) is 12.0. The van der Waals surface area contributed by atoms with E-state index in [0.717, 1.165) is 10.9 Å². The molecule has 0 radical (unpaired) electrons. The largest absolute Gasteiger partial charge is 0.361 e. The van der Waals surface area contributed by atoms with Crippen LogP contribution in [0.5, 0.6) is 0 Å². The number of ketones is 3. The zero-order valence-corrected chi connectivity index (χ0v) is 14.2. The van der Waals surface area contributed by atoms with Gasteiger partial charge in [-0.2, -0.15) is 0 Å². The van der Waals surface area contributed by atoms with Gasteiger partial charge in [0.1, 0.15) is 11.6 Å². The van der Waals surface area contributed by atoms with E-state index in [1.165, 1.54) is 13.8 Å². The third-order valence-electron chi connectivity index (χ3n) is 4.51. The highest BCUT2D eigenvalue weighted by molar-refractivity contribution is 6.12. The quantitative estimate of drug-likeness (QED) is 0.549. The number of hydrogen-bond acceptors (Lipinski definition) is 3. The highest BCUT2D eigenvalue weighted by atomic mass is 16.2. The third-order valence-corrected chi connectivity index (χ3v) is 4.51. The molecule has 0 spiro atoms. The van der Waals surface area contributed by atoms with E-state index in [0.29, 0.717) is 11.1 Å². The van der Waals surface area contributed by atoms with Gasteiger partial charge in [0.2, 0.25) is 0 Å². The number of nitrogens with one attached hydrogen (secondary N) is 1. The Kier molecular flexibility index (Phi) is 4.61. The van der Waals surface area contributed by atoms with Gasteiger partial charge in [0.25, 0.3) is 0 Å². The smallest absolute Gasteiger partial charge is 0.171 e. The molecule has 0 aliphatic carbocycles. The molecule has 1 atom stereocenters. The van der Waals surface area contributed by atoms with Crippen molar-refractivity contribution in [3.63, 3.8) is 0 Å². The molecule has 4 nitrogen and oxygen atoms in total. The van der Waals surface area contributed by atoms with E-state index < -0.39 is 11.8 Å². The Morgan fingerprint density at radius 2 is 1.44 bits per heavy atom. The van der Waals surface area contributed by atoms with E-state index >= 15 is 0 Å². The number of aromatic amines is 1. The van der Waals surface area contributed by atoms with Crippen LogP contribution in [0.3, 0.4) is 0 Å². The molecule has 1 unspecified atom stereocenters. The van der Waals surface area contributed by atoms with Crippen molar-refractivity contribution in [1.29, 1.82) is 0 Å². The molecule has 0 saturated carbocycles. The Balaban J connectivity index is 2.20. The van der Waals surface area contributed by atoms with E-state index in [1.54, 1.807) is 30.5 Å². The second kappa shape index (κ2) is 6.85. The normalized spacial score (nSPS) is 12.3. The van der Waals surface area contributed by atoms with Gasteiger partial charge >= 0.3 is 0 Å². The Bertz CT molecular complexity index is 926. The summed E-state index contributed by atoms with van der Waals surface area (Å²) in [5.74, 6) is -2.65. The van der Waals surface area contributed by atoms with Crippen molar-refractivity contribution in [3.8, 4) is 0 Å². The standard InChI is InChI=1S/C21H19NO3/c1-13(23)19(14(2)24)20(21(25)15-8-4-3-5-9-15)17-12-22-18-11-7-6-10-16(17)18/h3-12,19-20,22H,1-2H3. The maximum absolute atomic E-state index is 13.2. The molecule has 4 heteroatoms. The van der Waals surface area contributed by atoms with Gasteiger partial charge < -0.3 is 4.98 Å². The average molecular weight is 333 g/mol. The highest BCUT2D eigenvalue weighted by Crippen LogP contribution is 2.35. The molecule has 2 aromatic carbocycles. The maximum atomic E-state index is 13.2. The number of carbonyl (C=O) groups excluding carboxylic acids is 3. The summed E-state index contributed by atoms with van der Waals surface area (Å²) in [6.45, 7) is 2.73. The predicted molar refractivity (Wildman–Crippen MR) is 96.7 cm³/mol. The van der Waals surface area contributed by atoms with Crippen molar-refractivity contribution in [2.45, 2.75) is 19.8 Å². The van der Waals surface area contributed by atoms with Crippen LogP contribution in [0.25, 0.3) is 10.9 Å². The van der Waals surface area contributed by atoms with E-state index in [9.17, 15) is 14.4 Å². The second-order valence-corrected chi connectivity index (χ2v) is 6.20. The van der Waals surface area contributed by atoms with Crippen molar-refractivity contribution in [2.75, 3.05) is 0 Å². The maximum Gasteiger partial charge on any atom is 0.171 e. The summed E-state index contributed by atoms with van der Waals surface area (Å²) in [6.07, 6.45) is 1.73. The number of hydrogen-bond donors (Lipinski definition) is 1. The molecule has 0 aliphatic rings. The van der Waals surface area contributed by atoms with E-state index in [2.05, 4.69) is 4.98 Å². The molecular formula is C21H19NO3. The third kappa shape index (κ3) is 3.15. The molecular weight excluding hydrogens is 314 g/mol. The molecule has 0 amide bonds. The first-order valence-electron chi connectivity index (χ1n) is 8.17. The number of para-hydroxylation sites is 1. The molecule has 0 fully saturated rings. The Labute approximate surface area is 145 Å². The Morgan fingerprint density at radius 1 is 0.840 bits per heavy atom. The monoisotopic (exact) mass is 333 g/mol. The van der Waals surface area contributed by atoms with E-state index in [4.69, 9.17) is 0 Å². The number of benzene rings is 2. The SMILES string of the molecule is CC(=O)C(C(C)=O)C(C(=O)c1ccccc1)c1c[nH]c2ccccc12. The van der Waals surface area contributed by atoms with Gasteiger partial charge in [0, 0.05) is 22.7 Å². The first-order valence-corrected chi connectivity index (χ1v) is 8.17. The van der Waals surface area contributed by atoms with Crippen molar-refractivity contribution in [3.05, 3.63) is 71.9 Å². The van der Waals surface area contributed by atoms with Crippen LogP contribution < -0.4 is 0 Å². The number of carbonyl (C=O) groups is 3. The fraction of sp³-hybridized carbons (Fsp3) is 0.190. The molecule has 3 rings (SSSR count). The van der Waals surface area contributed by atoms with Crippen LogP contribution >= 0.6 is 0 Å². The van der Waals surface area contributed by atoms with Gasteiger partial charge in [-0.1, -0.05) is 48.5 Å². The van der Waals surface area contributed by atoms with Gasteiger partial charge in [-0.05, 0) is 25.5 Å². The number of aromatic nitrogens is 1. The summed E-state index contributed by atoms with van der Waals surface area (Å²) in [4.78, 5) is 40.8. The molecule has 0 saturated heterocycles. The lowest BCUT2D eigenvalue weighted by molar-refractivity contribution is -0.130. The summed E-state index contributed by atoms with van der Waals surface area (Å²) < 4.78 is 0. The molecule has 1 N–H and O–H groups in total. The van der Waals surface area contributed by atoms with Crippen LogP contribution in [-0.2, 0) is 9.59 Å². The lowest BCUT2D eigenvalue weighted by Crippen LogP contribution is -2.32. The van der Waals surface area contributed by atoms with Crippen molar-refractivity contribution in [1.82, 2.24) is 4.98 Å². The lowest BCUT2D eigenvalue weighted by atomic mass is 9.77. The van der Waals surface area contributed by atoms with Crippen molar-refractivity contribution in [2.24, 2.45) is 5.92 Å². The second-order valence-electron chi connectivity index (χ2n) is 6.20. The summed E-state index contributed by atoms with van der Waals surface area (Å²) >= 11 is 0. The van der Waals surface area contributed by atoms with Crippen LogP contribution in [-0.4, -0.2) is 22.3 Å². The predicted octanol–water partition coefficient (Wildman–Crippen LogP) is 3.93.